The van der Waals surface area contributed by atoms with Gasteiger partial charge in [-0.05, 0) is 128 Å². The highest BCUT2D eigenvalue weighted by molar-refractivity contribution is 5.84. The van der Waals surface area contributed by atoms with Crippen LogP contribution in [0.25, 0.3) is 0 Å². The molecule has 44 heavy (non-hydrogen) atoms. The van der Waals surface area contributed by atoms with Gasteiger partial charge < -0.3 is 19.7 Å². The predicted molar refractivity (Wildman–Crippen MR) is 168 cm³/mol. The van der Waals surface area contributed by atoms with Gasteiger partial charge in [0.25, 0.3) is 0 Å². The minimum atomic E-state index is -0.735. The number of aliphatic hydroxyl groups is 1. The average Bonchev–Trinajstić information content (AvgIpc) is 3.66. The Labute approximate surface area is 262 Å². The molecule has 1 aromatic carbocycles. The molecule has 7 rings (SSSR count). The van der Waals surface area contributed by atoms with Crippen LogP contribution < -0.4 is 5.32 Å². The van der Waals surface area contributed by atoms with E-state index in [0.717, 1.165) is 51.4 Å². The Balaban J connectivity index is 1.17. The number of benzene rings is 1. The van der Waals surface area contributed by atoms with Crippen LogP contribution in [0.4, 0.5) is 10.5 Å². The standard InChI is InChI=1S/C37H53NO6/c1-32(2)26-14-17-35(5)27(33(26,3)16-15-28(32)39)12-11-24-29-25(13-18-36(29,30(40)41)20-19-34(24,35)4)37(22-44-37)21-43-31(42)38-23-9-7-6-8-10-23/h6-10,24-29,39H,11-22H2,1-5H3,(H,38,42)(H,40,41)/t24?,25-,26+,27?,28-,29?,33+,34-,35-,36+,37?/m1/s1. The van der Waals surface area contributed by atoms with Crippen molar-refractivity contribution in [2.45, 2.75) is 111 Å². The number of epoxide rings is 1. The third kappa shape index (κ3) is 4.06. The number of ether oxygens (including phenoxy) is 2. The van der Waals surface area contributed by atoms with Crippen molar-refractivity contribution in [2.24, 2.45) is 56.7 Å². The van der Waals surface area contributed by atoms with Crippen LogP contribution in [0, 0.1) is 56.7 Å². The third-order valence-corrected chi connectivity index (χ3v) is 15.5. The monoisotopic (exact) mass is 607 g/mol. The Morgan fingerprint density at radius 3 is 2.27 bits per heavy atom. The van der Waals surface area contributed by atoms with Crippen molar-refractivity contribution < 1.29 is 29.3 Å². The lowest BCUT2D eigenvalue weighted by molar-refractivity contribution is -0.250. The van der Waals surface area contributed by atoms with Gasteiger partial charge in [0, 0.05) is 5.69 Å². The summed E-state index contributed by atoms with van der Waals surface area (Å²) in [6.45, 7) is 12.9. The Morgan fingerprint density at radius 1 is 0.864 bits per heavy atom. The van der Waals surface area contributed by atoms with Crippen molar-refractivity contribution in [3.63, 3.8) is 0 Å². The number of hydrogen-bond donors (Lipinski definition) is 3. The van der Waals surface area contributed by atoms with E-state index in [1.165, 1.54) is 0 Å². The van der Waals surface area contributed by atoms with E-state index >= 15 is 0 Å². The maximum absolute atomic E-state index is 13.2. The number of aliphatic hydroxyl groups excluding tert-OH is 1. The maximum Gasteiger partial charge on any atom is 0.411 e. The summed E-state index contributed by atoms with van der Waals surface area (Å²) in [7, 11) is 0. The summed E-state index contributed by atoms with van der Waals surface area (Å²) in [5.41, 5.74) is -0.419. The normalized spacial score (nSPS) is 48.6. The summed E-state index contributed by atoms with van der Waals surface area (Å²) in [5, 5.41) is 24.7. The number of nitrogens with one attached hydrogen (secondary N) is 1. The van der Waals surface area contributed by atoms with Crippen molar-refractivity contribution in [3.05, 3.63) is 30.3 Å². The number of carbonyl (C=O) groups excluding carboxylic acids is 1. The molecule has 0 aromatic heterocycles. The second kappa shape index (κ2) is 9.94. The number of carbonyl (C=O) groups is 2. The minimum absolute atomic E-state index is 0.00922. The van der Waals surface area contributed by atoms with Crippen LogP contribution >= 0.6 is 0 Å². The molecule has 11 atom stereocenters. The maximum atomic E-state index is 13.2. The molecule has 5 aliphatic carbocycles. The second-order valence-electron chi connectivity index (χ2n) is 17.1. The Morgan fingerprint density at radius 2 is 1.59 bits per heavy atom. The van der Waals surface area contributed by atoms with Gasteiger partial charge in [-0.1, -0.05) is 52.8 Å². The van der Waals surface area contributed by atoms with E-state index in [1.54, 1.807) is 0 Å². The molecule has 6 fully saturated rings. The molecule has 0 radical (unpaired) electrons. The number of rotatable bonds is 5. The molecule has 7 nitrogen and oxygen atoms in total. The molecule has 5 saturated carbocycles. The molecule has 242 valence electrons. The molecule has 6 aliphatic rings. The van der Waals surface area contributed by atoms with Gasteiger partial charge in [0.1, 0.15) is 12.2 Å². The van der Waals surface area contributed by atoms with Crippen LogP contribution in [-0.4, -0.2) is 47.2 Å². The van der Waals surface area contributed by atoms with Gasteiger partial charge in [-0.15, -0.1) is 0 Å². The fourth-order valence-electron chi connectivity index (χ4n) is 12.9. The molecule has 7 heteroatoms. The number of hydrogen-bond acceptors (Lipinski definition) is 5. The molecular weight excluding hydrogens is 554 g/mol. The molecule has 0 spiro atoms. The van der Waals surface area contributed by atoms with Crippen molar-refractivity contribution in [1.29, 1.82) is 0 Å². The first-order valence-corrected chi connectivity index (χ1v) is 17.3. The van der Waals surface area contributed by atoms with Crippen LogP contribution in [-0.2, 0) is 14.3 Å². The first-order valence-electron chi connectivity index (χ1n) is 17.3. The lowest BCUT2D eigenvalue weighted by Gasteiger charge is -2.72. The number of fused-ring (bicyclic) bond motifs is 7. The van der Waals surface area contributed by atoms with Crippen molar-refractivity contribution in [1.82, 2.24) is 0 Å². The molecule has 1 aliphatic heterocycles. The number of carboxylic acids is 1. The summed E-state index contributed by atoms with van der Waals surface area (Å²) in [4.78, 5) is 26.0. The summed E-state index contributed by atoms with van der Waals surface area (Å²) in [6, 6.07) is 9.29. The van der Waals surface area contributed by atoms with Gasteiger partial charge in [-0.3, -0.25) is 10.1 Å². The van der Waals surface area contributed by atoms with E-state index in [1.807, 2.05) is 30.3 Å². The number of para-hydroxylation sites is 1. The van der Waals surface area contributed by atoms with Gasteiger partial charge >= 0.3 is 12.1 Å². The van der Waals surface area contributed by atoms with Gasteiger partial charge in [0.05, 0.1) is 18.1 Å². The molecular formula is C37H53NO6. The third-order valence-electron chi connectivity index (χ3n) is 15.5. The minimum Gasteiger partial charge on any atom is -0.481 e. The van der Waals surface area contributed by atoms with Crippen molar-refractivity contribution >= 4 is 17.7 Å². The van der Waals surface area contributed by atoms with E-state index < -0.39 is 23.1 Å². The van der Waals surface area contributed by atoms with Crippen LogP contribution in [0.5, 0.6) is 0 Å². The average molecular weight is 608 g/mol. The number of anilines is 1. The van der Waals surface area contributed by atoms with Gasteiger partial charge in [-0.25, -0.2) is 4.79 Å². The Bertz CT molecular complexity index is 1310. The van der Waals surface area contributed by atoms with E-state index in [-0.39, 0.29) is 46.2 Å². The van der Waals surface area contributed by atoms with E-state index in [9.17, 15) is 19.8 Å². The Hall–Kier alpha value is -2.12. The van der Waals surface area contributed by atoms with Crippen molar-refractivity contribution in [2.75, 3.05) is 18.5 Å². The van der Waals surface area contributed by atoms with Crippen molar-refractivity contribution in [3.8, 4) is 0 Å². The van der Waals surface area contributed by atoms with Gasteiger partial charge in [0.2, 0.25) is 0 Å². The highest BCUT2D eigenvalue weighted by Gasteiger charge is 2.74. The smallest absolute Gasteiger partial charge is 0.411 e. The van der Waals surface area contributed by atoms with Crippen LogP contribution in [0.2, 0.25) is 0 Å². The molecule has 1 aromatic rings. The molecule has 0 bridgehead atoms. The SMILES string of the molecule is CC1(C)[C@H](O)CC[C@]2(C)C3CCC4C5[C@H](C6(COC(=O)Nc7ccccc7)CO6)CC[C@]5(C(=O)O)CC[C@@]4(C)[C@]3(C)CC[C@@H]12. The predicted octanol–water partition coefficient (Wildman–Crippen LogP) is 7.53. The highest BCUT2D eigenvalue weighted by atomic mass is 16.6. The summed E-state index contributed by atoms with van der Waals surface area (Å²) >= 11 is 0. The molecule has 3 N–H and O–H groups in total. The van der Waals surface area contributed by atoms with Crippen LogP contribution in [0.15, 0.2) is 30.3 Å². The van der Waals surface area contributed by atoms with Crippen LogP contribution in [0.1, 0.15) is 98.8 Å². The fourth-order valence-corrected chi connectivity index (χ4v) is 12.9. The van der Waals surface area contributed by atoms with Crippen LogP contribution in [0.3, 0.4) is 0 Å². The van der Waals surface area contributed by atoms with E-state index in [4.69, 9.17) is 9.47 Å². The lowest BCUT2D eigenvalue weighted by atomic mass is 9.32. The summed E-state index contributed by atoms with van der Waals surface area (Å²) in [6.07, 6.45) is 8.80. The summed E-state index contributed by atoms with van der Waals surface area (Å²) in [5.74, 6) is 0.785. The fraction of sp³-hybridized carbons (Fsp3) is 0.784. The number of amides is 1. The zero-order valence-corrected chi connectivity index (χ0v) is 27.4. The lowest BCUT2D eigenvalue weighted by Crippen LogP contribution is -2.67. The molecule has 4 unspecified atom stereocenters. The molecule has 1 heterocycles. The first kappa shape index (κ1) is 30.5. The van der Waals surface area contributed by atoms with Gasteiger partial charge in [-0.2, -0.15) is 0 Å². The number of carboxylic acid groups (broad SMARTS) is 1. The topological polar surface area (TPSA) is 108 Å². The highest BCUT2D eigenvalue weighted by Crippen LogP contribution is 2.78. The van der Waals surface area contributed by atoms with Gasteiger partial charge in [0.15, 0.2) is 0 Å². The zero-order valence-electron chi connectivity index (χ0n) is 27.4. The first-order chi connectivity index (χ1) is 20.7. The molecule has 1 saturated heterocycles. The second-order valence-corrected chi connectivity index (χ2v) is 17.1. The van der Waals surface area contributed by atoms with E-state index in [2.05, 4.69) is 39.9 Å². The molecule has 1 amide bonds. The number of aliphatic carboxylic acids is 1. The quantitative estimate of drug-likeness (QED) is 0.299. The Kier molecular flexibility index (Phi) is 6.90. The van der Waals surface area contributed by atoms with E-state index in [0.29, 0.717) is 42.9 Å². The summed E-state index contributed by atoms with van der Waals surface area (Å²) < 4.78 is 12.0. The largest absolute Gasteiger partial charge is 0.481 e. The zero-order chi connectivity index (χ0) is 31.3.